The summed E-state index contributed by atoms with van der Waals surface area (Å²) in [6.07, 6.45) is 2.56. The van der Waals surface area contributed by atoms with Gasteiger partial charge in [0.1, 0.15) is 0 Å². The van der Waals surface area contributed by atoms with Crippen molar-refractivity contribution in [3.8, 4) is 0 Å². The number of rotatable bonds is 4. The van der Waals surface area contributed by atoms with Crippen LogP contribution in [0.5, 0.6) is 0 Å². The van der Waals surface area contributed by atoms with Gasteiger partial charge in [-0.2, -0.15) is 0 Å². The first-order chi connectivity index (χ1) is 10.5. The van der Waals surface area contributed by atoms with Crippen molar-refractivity contribution in [2.75, 3.05) is 25.0 Å². The number of hydrogen-bond donors (Lipinski definition) is 1. The highest BCUT2D eigenvalue weighted by molar-refractivity contribution is 7.20. The summed E-state index contributed by atoms with van der Waals surface area (Å²) in [5.74, 6) is 0.159. The van der Waals surface area contributed by atoms with Crippen LogP contribution < -0.4 is 5.32 Å². The van der Waals surface area contributed by atoms with Gasteiger partial charge in [-0.3, -0.25) is 4.79 Å². The number of carbonyl (C=O) groups is 1. The molecule has 3 heterocycles. The molecule has 0 bridgehead atoms. The molecule has 2 aromatic heterocycles. The smallest absolute Gasteiger partial charge is 0.224 e. The molecule has 2 atom stereocenters. The normalized spacial score (nSPS) is 22.2. The lowest BCUT2D eigenvalue weighted by Crippen LogP contribution is -2.48. The molecule has 22 heavy (non-hydrogen) atoms. The minimum atomic E-state index is 0.107. The van der Waals surface area contributed by atoms with E-state index in [-0.39, 0.29) is 18.1 Å². The SMILES string of the molecule is Cc1cn2nc(NCCC(=O)N3C[C@H](C)O[C@@H](C)C3)sc2n1. The minimum absolute atomic E-state index is 0.107. The Bertz CT molecular complexity index is 626. The Morgan fingerprint density at radius 3 is 2.86 bits per heavy atom. The van der Waals surface area contributed by atoms with Crippen molar-refractivity contribution < 1.29 is 9.53 Å². The fraction of sp³-hybridized carbons (Fsp3) is 0.643. The first-order valence-corrected chi connectivity index (χ1v) is 8.33. The van der Waals surface area contributed by atoms with Crippen molar-refractivity contribution in [3.05, 3.63) is 11.9 Å². The molecule has 0 radical (unpaired) electrons. The van der Waals surface area contributed by atoms with Gasteiger partial charge in [-0.25, -0.2) is 9.50 Å². The number of aryl methyl sites for hydroxylation is 1. The molecule has 0 spiro atoms. The van der Waals surface area contributed by atoms with Gasteiger partial charge in [0.25, 0.3) is 0 Å². The molecule has 1 fully saturated rings. The first-order valence-electron chi connectivity index (χ1n) is 7.51. The number of hydrogen-bond acceptors (Lipinski definition) is 6. The Morgan fingerprint density at radius 2 is 2.18 bits per heavy atom. The molecule has 1 aliphatic rings. The van der Waals surface area contributed by atoms with E-state index >= 15 is 0 Å². The molecule has 0 saturated carbocycles. The van der Waals surface area contributed by atoms with E-state index in [1.165, 1.54) is 11.3 Å². The maximum absolute atomic E-state index is 12.2. The molecule has 7 nitrogen and oxygen atoms in total. The van der Waals surface area contributed by atoms with E-state index in [0.717, 1.165) is 15.8 Å². The second-order valence-corrected chi connectivity index (χ2v) is 6.71. The third kappa shape index (κ3) is 3.38. The molecule has 0 aromatic carbocycles. The molecule has 1 N–H and O–H groups in total. The van der Waals surface area contributed by atoms with Crippen LogP contribution in [0.25, 0.3) is 4.96 Å². The summed E-state index contributed by atoms with van der Waals surface area (Å²) < 4.78 is 7.41. The Morgan fingerprint density at radius 1 is 1.45 bits per heavy atom. The number of ether oxygens (including phenoxy) is 1. The number of aromatic nitrogens is 3. The molecule has 8 heteroatoms. The number of nitrogens with zero attached hydrogens (tertiary/aromatic N) is 4. The molecular weight excluding hydrogens is 302 g/mol. The number of morpholine rings is 1. The fourth-order valence-corrected chi connectivity index (χ4v) is 3.55. The zero-order valence-electron chi connectivity index (χ0n) is 13.1. The van der Waals surface area contributed by atoms with E-state index in [4.69, 9.17) is 4.74 Å². The Balaban J connectivity index is 1.49. The first kappa shape index (κ1) is 15.2. The van der Waals surface area contributed by atoms with Gasteiger partial charge >= 0.3 is 0 Å². The van der Waals surface area contributed by atoms with E-state index in [2.05, 4.69) is 15.4 Å². The maximum atomic E-state index is 12.2. The van der Waals surface area contributed by atoms with Crippen LogP contribution in [0.3, 0.4) is 0 Å². The van der Waals surface area contributed by atoms with Gasteiger partial charge in [0.2, 0.25) is 16.0 Å². The largest absolute Gasteiger partial charge is 0.372 e. The zero-order valence-corrected chi connectivity index (χ0v) is 13.9. The summed E-state index contributed by atoms with van der Waals surface area (Å²) in [7, 11) is 0. The van der Waals surface area contributed by atoms with Crippen molar-refractivity contribution in [1.82, 2.24) is 19.5 Å². The molecule has 2 aromatic rings. The van der Waals surface area contributed by atoms with Crippen LogP contribution in [0.15, 0.2) is 6.20 Å². The van der Waals surface area contributed by atoms with E-state index in [1.807, 2.05) is 31.9 Å². The molecule has 1 aliphatic heterocycles. The van der Waals surface area contributed by atoms with Crippen LogP contribution in [-0.2, 0) is 9.53 Å². The third-order valence-electron chi connectivity index (χ3n) is 3.55. The fourth-order valence-electron chi connectivity index (χ4n) is 2.70. The Kier molecular flexibility index (Phi) is 4.30. The molecule has 3 rings (SSSR count). The summed E-state index contributed by atoms with van der Waals surface area (Å²) >= 11 is 1.49. The summed E-state index contributed by atoms with van der Waals surface area (Å²) in [6.45, 7) is 7.87. The molecule has 1 amide bonds. The number of fused-ring (bicyclic) bond motifs is 1. The summed E-state index contributed by atoms with van der Waals surface area (Å²) in [6, 6.07) is 0. The third-order valence-corrected chi connectivity index (χ3v) is 4.43. The highest BCUT2D eigenvalue weighted by Crippen LogP contribution is 2.19. The van der Waals surface area contributed by atoms with E-state index in [9.17, 15) is 4.79 Å². The Hall–Kier alpha value is -1.67. The van der Waals surface area contributed by atoms with Gasteiger partial charge in [0, 0.05) is 26.1 Å². The highest BCUT2D eigenvalue weighted by Gasteiger charge is 2.25. The average molecular weight is 323 g/mol. The second kappa shape index (κ2) is 6.21. The summed E-state index contributed by atoms with van der Waals surface area (Å²) in [5, 5.41) is 8.37. The minimum Gasteiger partial charge on any atom is -0.372 e. The molecule has 0 unspecified atom stereocenters. The second-order valence-electron chi connectivity index (χ2n) is 5.75. The van der Waals surface area contributed by atoms with Gasteiger partial charge in [0.05, 0.1) is 24.1 Å². The van der Waals surface area contributed by atoms with E-state index in [1.54, 1.807) is 4.52 Å². The van der Waals surface area contributed by atoms with Crippen molar-refractivity contribution in [2.45, 2.75) is 39.4 Å². The number of anilines is 1. The van der Waals surface area contributed by atoms with Crippen molar-refractivity contribution in [2.24, 2.45) is 0 Å². The zero-order chi connectivity index (χ0) is 15.7. The van der Waals surface area contributed by atoms with Gasteiger partial charge < -0.3 is 15.0 Å². The molecular formula is C14H21N5O2S. The van der Waals surface area contributed by atoms with Crippen LogP contribution >= 0.6 is 11.3 Å². The van der Waals surface area contributed by atoms with Crippen LogP contribution in [0.4, 0.5) is 5.13 Å². The number of carbonyl (C=O) groups excluding carboxylic acids is 1. The lowest BCUT2D eigenvalue weighted by molar-refractivity contribution is -0.142. The lowest BCUT2D eigenvalue weighted by atomic mass is 10.2. The van der Waals surface area contributed by atoms with Crippen LogP contribution in [-0.4, -0.2) is 57.2 Å². The monoisotopic (exact) mass is 323 g/mol. The highest BCUT2D eigenvalue weighted by atomic mass is 32.1. The number of amides is 1. The van der Waals surface area contributed by atoms with Gasteiger partial charge in [-0.15, -0.1) is 5.10 Å². The molecule has 120 valence electrons. The molecule has 1 saturated heterocycles. The summed E-state index contributed by atoms with van der Waals surface area (Å²) in [4.78, 5) is 19.3. The standard InChI is InChI=1S/C14H21N5O2S/c1-9-6-19-14(16-9)22-13(17-19)15-5-4-12(20)18-7-10(2)21-11(3)8-18/h6,10-11H,4-5,7-8H2,1-3H3,(H,15,17)/t10-,11-/m0/s1. The summed E-state index contributed by atoms with van der Waals surface area (Å²) in [5.41, 5.74) is 0.955. The van der Waals surface area contributed by atoms with Crippen LogP contribution in [0.1, 0.15) is 26.0 Å². The van der Waals surface area contributed by atoms with Crippen molar-refractivity contribution >= 4 is 27.3 Å². The maximum Gasteiger partial charge on any atom is 0.224 e. The Labute approximate surface area is 133 Å². The van der Waals surface area contributed by atoms with Crippen molar-refractivity contribution in [1.29, 1.82) is 0 Å². The predicted octanol–water partition coefficient (Wildman–Crippen LogP) is 1.54. The van der Waals surface area contributed by atoms with Crippen LogP contribution in [0.2, 0.25) is 0 Å². The van der Waals surface area contributed by atoms with Crippen LogP contribution in [0, 0.1) is 6.92 Å². The quantitative estimate of drug-likeness (QED) is 0.924. The lowest BCUT2D eigenvalue weighted by Gasteiger charge is -2.35. The number of imidazole rings is 1. The predicted molar refractivity (Wildman–Crippen MR) is 85.3 cm³/mol. The van der Waals surface area contributed by atoms with E-state index in [0.29, 0.717) is 26.1 Å². The average Bonchev–Trinajstić information content (AvgIpc) is 2.94. The van der Waals surface area contributed by atoms with Gasteiger partial charge in [-0.1, -0.05) is 11.3 Å². The van der Waals surface area contributed by atoms with Crippen molar-refractivity contribution in [3.63, 3.8) is 0 Å². The number of nitrogens with one attached hydrogen (secondary N) is 1. The van der Waals surface area contributed by atoms with E-state index < -0.39 is 0 Å². The topological polar surface area (TPSA) is 71.8 Å². The van der Waals surface area contributed by atoms with Gasteiger partial charge in [0.15, 0.2) is 0 Å². The van der Waals surface area contributed by atoms with Gasteiger partial charge in [-0.05, 0) is 20.8 Å². The molecule has 0 aliphatic carbocycles.